The summed E-state index contributed by atoms with van der Waals surface area (Å²) in [6.07, 6.45) is 1.10. The maximum Gasteiger partial charge on any atom is 0.150 e. The molecule has 1 aliphatic rings. The molecule has 0 amide bonds. The van der Waals surface area contributed by atoms with E-state index in [2.05, 4.69) is 0 Å². The van der Waals surface area contributed by atoms with Crippen LogP contribution in [0, 0.1) is 17.7 Å². The second-order valence-corrected chi connectivity index (χ2v) is 7.69. The van der Waals surface area contributed by atoms with Crippen LogP contribution in [0.3, 0.4) is 0 Å². The smallest absolute Gasteiger partial charge is 0.150 e. The second kappa shape index (κ2) is 5.77. The summed E-state index contributed by atoms with van der Waals surface area (Å²) in [4.78, 5) is 0. The molecule has 1 N–H and O–H groups in total. The molecule has 1 fully saturated rings. The van der Waals surface area contributed by atoms with Crippen LogP contribution in [0.1, 0.15) is 12.0 Å². The lowest BCUT2D eigenvalue weighted by Crippen LogP contribution is -2.22. The Hall–Kier alpha value is -0.650. The average Bonchev–Trinajstić information content (AvgIpc) is 2.71. The Morgan fingerprint density at radius 1 is 1.47 bits per heavy atom. The van der Waals surface area contributed by atoms with E-state index in [1.807, 2.05) is 0 Å². The van der Waals surface area contributed by atoms with Crippen LogP contribution >= 0.6 is 11.6 Å². The standard InChI is InChI=1S/C13H16ClFO3S/c14-12-6-9(1-2-13(12)15)5-11(7-16)10-3-4-19(17,18)8-10/h1-2,6,10-11,16H,3-5,7-8H2. The normalized spacial score (nSPS) is 23.4. The lowest BCUT2D eigenvalue weighted by atomic mass is 9.87. The van der Waals surface area contributed by atoms with Gasteiger partial charge in [0.05, 0.1) is 16.5 Å². The van der Waals surface area contributed by atoms with Gasteiger partial charge in [0.2, 0.25) is 0 Å². The van der Waals surface area contributed by atoms with E-state index in [4.69, 9.17) is 11.6 Å². The number of aliphatic hydroxyl groups is 1. The van der Waals surface area contributed by atoms with Gasteiger partial charge in [0.1, 0.15) is 5.82 Å². The monoisotopic (exact) mass is 306 g/mol. The number of hydrogen-bond acceptors (Lipinski definition) is 3. The summed E-state index contributed by atoms with van der Waals surface area (Å²) in [5.41, 5.74) is 0.815. The van der Waals surface area contributed by atoms with Crippen LogP contribution in [0.2, 0.25) is 5.02 Å². The van der Waals surface area contributed by atoms with Gasteiger partial charge >= 0.3 is 0 Å². The second-order valence-electron chi connectivity index (χ2n) is 5.06. The first-order valence-electron chi connectivity index (χ1n) is 6.16. The van der Waals surface area contributed by atoms with Gasteiger partial charge in [-0.1, -0.05) is 17.7 Å². The third kappa shape index (κ3) is 3.68. The van der Waals surface area contributed by atoms with Crippen molar-refractivity contribution in [2.24, 2.45) is 11.8 Å². The highest BCUT2D eigenvalue weighted by atomic mass is 35.5. The van der Waals surface area contributed by atoms with Gasteiger partial charge in [-0.3, -0.25) is 0 Å². The SMILES string of the molecule is O=S1(=O)CCC(C(CO)Cc2ccc(F)c(Cl)c2)C1. The molecule has 1 aromatic rings. The van der Waals surface area contributed by atoms with Crippen molar-refractivity contribution < 1.29 is 17.9 Å². The zero-order valence-electron chi connectivity index (χ0n) is 10.4. The fraction of sp³-hybridized carbons (Fsp3) is 0.538. The fourth-order valence-corrected chi connectivity index (χ4v) is 4.67. The minimum Gasteiger partial charge on any atom is -0.396 e. The zero-order valence-corrected chi connectivity index (χ0v) is 11.9. The van der Waals surface area contributed by atoms with Crippen LogP contribution in [0.4, 0.5) is 4.39 Å². The van der Waals surface area contributed by atoms with E-state index in [9.17, 15) is 17.9 Å². The van der Waals surface area contributed by atoms with Gasteiger partial charge in [-0.2, -0.15) is 0 Å². The van der Waals surface area contributed by atoms with Gasteiger partial charge in [-0.25, -0.2) is 12.8 Å². The van der Waals surface area contributed by atoms with E-state index in [0.29, 0.717) is 12.8 Å². The summed E-state index contributed by atoms with van der Waals surface area (Å²) < 4.78 is 36.0. The van der Waals surface area contributed by atoms with Crippen LogP contribution in [0.5, 0.6) is 0 Å². The van der Waals surface area contributed by atoms with Crippen molar-refractivity contribution in [1.82, 2.24) is 0 Å². The first kappa shape index (κ1) is 14.8. The van der Waals surface area contributed by atoms with Gasteiger partial charge in [-0.05, 0) is 42.4 Å². The lowest BCUT2D eigenvalue weighted by Gasteiger charge is -2.20. The van der Waals surface area contributed by atoms with Crippen LogP contribution in [-0.2, 0) is 16.3 Å². The molecular weight excluding hydrogens is 291 g/mol. The van der Waals surface area contributed by atoms with Crippen LogP contribution in [0.25, 0.3) is 0 Å². The van der Waals surface area contributed by atoms with E-state index in [-0.39, 0.29) is 35.0 Å². The maximum absolute atomic E-state index is 13.1. The Bertz CT molecular complexity index is 559. The molecule has 1 heterocycles. The van der Waals surface area contributed by atoms with Gasteiger partial charge in [0.15, 0.2) is 9.84 Å². The highest BCUT2D eigenvalue weighted by molar-refractivity contribution is 7.91. The first-order chi connectivity index (χ1) is 8.91. The van der Waals surface area contributed by atoms with Gasteiger partial charge in [0, 0.05) is 6.61 Å². The van der Waals surface area contributed by atoms with Crippen LogP contribution < -0.4 is 0 Å². The van der Waals surface area contributed by atoms with E-state index >= 15 is 0 Å². The summed E-state index contributed by atoms with van der Waals surface area (Å²) in [5.74, 6) is -0.307. The Morgan fingerprint density at radius 3 is 2.74 bits per heavy atom. The molecule has 2 unspecified atom stereocenters. The van der Waals surface area contributed by atoms with Crippen LogP contribution in [0.15, 0.2) is 18.2 Å². The van der Waals surface area contributed by atoms with Crippen molar-refractivity contribution >= 4 is 21.4 Å². The van der Waals surface area contributed by atoms with Crippen LogP contribution in [-0.4, -0.2) is 31.6 Å². The molecule has 0 aliphatic carbocycles. The minimum atomic E-state index is -2.95. The van der Waals surface area contributed by atoms with Crippen molar-refractivity contribution in [2.75, 3.05) is 18.1 Å². The summed E-state index contributed by atoms with van der Waals surface area (Å²) in [5, 5.41) is 9.49. The molecule has 1 saturated heterocycles. The van der Waals surface area contributed by atoms with Gasteiger partial charge < -0.3 is 5.11 Å². The van der Waals surface area contributed by atoms with E-state index < -0.39 is 15.7 Å². The van der Waals surface area contributed by atoms with Crippen molar-refractivity contribution in [1.29, 1.82) is 0 Å². The van der Waals surface area contributed by atoms with Crippen molar-refractivity contribution in [3.05, 3.63) is 34.6 Å². The Morgan fingerprint density at radius 2 is 2.21 bits per heavy atom. The largest absolute Gasteiger partial charge is 0.396 e. The molecule has 0 saturated carbocycles. The minimum absolute atomic E-state index is 0.0289. The Labute approximate surface area is 117 Å². The molecule has 0 radical (unpaired) electrons. The first-order valence-corrected chi connectivity index (χ1v) is 8.36. The average molecular weight is 307 g/mol. The Kier molecular flexibility index (Phi) is 4.48. The molecule has 1 aromatic carbocycles. The van der Waals surface area contributed by atoms with E-state index in [0.717, 1.165) is 5.56 Å². The summed E-state index contributed by atoms with van der Waals surface area (Å²) >= 11 is 5.71. The number of rotatable bonds is 4. The fourth-order valence-electron chi connectivity index (χ4n) is 2.55. The molecule has 106 valence electrons. The quantitative estimate of drug-likeness (QED) is 0.926. The topological polar surface area (TPSA) is 54.4 Å². The number of aliphatic hydroxyl groups excluding tert-OH is 1. The highest BCUT2D eigenvalue weighted by Crippen LogP contribution is 2.29. The van der Waals surface area contributed by atoms with Crippen molar-refractivity contribution in [3.8, 4) is 0 Å². The number of hydrogen-bond donors (Lipinski definition) is 1. The molecule has 0 aromatic heterocycles. The molecule has 3 nitrogen and oxygen atoms in total. The third-order valence-electron chi connectivity index (χ3n) is 3.65. The molecule has 0 spiro atoms. The van der Waals surface area contributed by atoms with Gasteiger partial charge in [0.25, 0.3) is 0 Å². The molecule has 2 atom stereocenters. The summed E-state index contributed by atoms with van der Waals surface area (Å²) in [7, 11) is -2.95. The predicted molar refractivity (Wildman–Crippen MR) is 72.5 cm³/mol. The van der Waals surface area contributed by atoms with Crippen molar-refractivity contribution in [2.45, 2.75) is 12.8 Å². The van der Waals surface area contributed by atoms with Crippen molar-refractivity contribution in [3.63, 3.8) is 0 Å². The molecule has 1 aliphatic heterocycles. The maximum atomic E-state index is 13.1. The van der Waals surface area contributed by atoms with Gasteiger partial charge in [-0.15, -0.1) is 0 Å². The van der Waals surface area contributed by atoms with E-state index in [1.54, 1.807) is 6.07 Å². The number of halogens is 2. The number of sulfone groups is 1. The molecular formula is C13H16ClFO3S. The highest BCUT2D eigenvalue weighted by Gasteiger charge is 2.33. The molecule has 19 heavy (non-hydrogen) atoms. The third-order valence-corrected chi connectivity index (χ3v) is 5.73. The molecule has 6 heteroatoms. The number of benzene rings is 1. The Balaban J connectivity index is 2.09. The molecule has 2 rings (SSSR count). The lowest BCUT2D eigenvalue weighted by molar-refractivity contribution is 0.184. The molecule has 0 bridgehead atoms. The zero-order chi connectivity index (χ0) is 14.0. The predicted octanol–water partition coefficient (Wildman–Crippen LogP) is 2.06. The van der Waals surface area contributed by atoms with E-state index in [1.165, 1.54) is 12.1 Å². The summed E-state index contributed by atoms with van der Waals surface area (Å²) in [6.45, 7) is -0.0742. The summed E-state index contributed by atoms with van der Waals surface area (Å²) in [6, 6.07) is 4.44.